The Kier molecular flexibility index (Phi) is 5.51. The highest BCUT2D eigenvalue weighted by atomic mass is 32.2. The SMILES string of the molecule is COCc1nc([C@H]2COCCN2S(=O)(=O)c2ccc(C(F)(F)F)cc2)no1. The maximum Gasteiger partial charge on any atom is 0.416 e. The highest BCUT2D eigenvalue weighted by Gasteiger charge is 2.38. The summed E-state index contributed by atoms with van der Waals surface area (Å²) in [4.78, 5) is 3.83. The summed E-state index contributed by atoms with van der Waals surface area (Å²) in [5.74, 6) is 0.266. The molecule has 0 bridgehead atoms. The predicted molar refractivity (Wildman–Crippen MR) is 83.9 cm³/mol. The number of morpholine rings is 1. The molecule has 0 radical (unpaired) electrons. The number of benzene rings is 1. The molecule has 1 fully saturated rings. The van der Waals surface area contributed by atoms with Crippen LogP contribution >= 0.6 is 0 Å². The number of sulfonamides is 1. The number of halogens is 3. The lowest BCUT2D eigenvalue weighted by atomic mass is 10.2. The van der Waals surface area contributed by atoms with Gasteiger partial charge in [0.25, 0.3) is 5.89 Å². The molecule has 0 unspecified atom stereocenters. The van der Waals surface area contributed by atoms with E-state index in [9.17, 15) is 21.6 Å². The smallest absolute Gasteiger partial charge is 0.378 e. The second-order valence-corrected chi connectivity index (χ2v) is 7.60. The Hall–Kier alpha value is -2.02. The molecule has 27 heavy (non-hydrogen) atoms. The van der Waals surface area contributed by atoms with E-state index < -0.39 is 27.8 Å². The van der Waals surface area contributed by atoms with Crippen molar-refractivity contribution in [2.45, 2.75) is 23.7 Å². The van der Waals surface area contributed by atoms with Crippen molar-refractivity contribution in [2.24, 2.45) is 0 Å². The second-order valence-electron chi connectivity index (χ2n) is 5.71. The standard InChI is InChI=1S/C15H16F3N3O5S/c1-24-9-13-19-14(20-26-13)12-8-25-7-6-21(12)27(22,23)11-4-2-10(3-5-11)15(16,17)18/h2-5,12H,6-9H2,1H3/t12-/m1/s1. The van der Waals surface area contributed by atoms with Crippen LogP contribution in [-0.2, 0) is 32.3 Å². The summed E-state index contributed by atoms with van der Waals surface area (Å²) in [6.45, 7) is 0.194. The first-order valence-corrected chi connectivity index (χ1v) is 9.26. The molecule has 2 aromatic rings. The van der Waals surface area contributed by atoms with Crippen molar-refractivity contribution in [3.05, 3.63) is 41.5 Å². The van der Waals surface area contributed by atoms with E-state index in [1.54, 1.807) is 0 Å². The number of hydrogen-bond acceptors (Lipinski definition) is 7. The van der Waals surface area contributed by atoms with Gasteiger partial charge in [0.1, 0.15) is 12.6 Å². The Morgan fingerprint density at radius 3 is 2.63 bits per heavy atom. The lowest BCUT2D eigenvalue weighted by Gasteiger charge is -2.32. The predicted octanol–water partition coefficient (Wildman–Crippen LogP) is 2.00. The summed E-state index contributed by atoms with van der Waals surface area (Å²) in [5, 5.41) is 3.76. The normalized spacial score (nSPS) is 19.3. The van der Waals surface area contributed by atoms with Crippen LogP contribution in [0, 0.1) is 0 Å². The second kappa shape index (κ2) is 7.54. The molecule has 148 valence electrons. The maximum atomic E-state index is 12.9. The first kappa shape index (κ1) is 19.7. The van der Waals surface area contributed by atoms with Gasteiger partial charge in [0.15, 0.2) is 5.82 Å². The lowest BCUT2D eigenvalue weighted by molar-refractivity contribution is -0.137. The summed E-state index contributed by atoms with van der Waals surface area (Å²) in [5.41, 5.74) is -0.928. The minimum Gasteiger partial charge on any atom is -0.378 e. The third-order valence-corrected chi connectivity index (χ3v) is 5.84. The van der Waals surface area contributed by atoms with E-state index >= 15 is 0 Å². The van der Waals surface area contributed by atoms with E-state index in [0.29, 0.717) is 0 Å². The van der Waals surface area contributed by atoms with Gasteiger partial charge in [-0.1, -0.05) is 5.16 Å². The van der Waals surface area contributed by atoms with Gasteiger partial charge < -0.3 is 14.0 Å². The monoisotopic (exact) mass is 407 g/mol. The summed E-state index contributed by atoms with van der Waals surface area (Å²) in [7, 11) is -2.65. The van der Waals surface area contributed by atoms with Gasteiger partial charge in [0, 0.05) is 13.7 Å². The Labute approximate surface area is 152 Å². The molecule has 1 aliphatic rings. The van der Waals surface area contributed by atoms with E-state index in [0.717, 1.165) is 28.6 Å². The molecular weight excluding hydrogens is 391 g/mol. The Morgan fingerprint density at radius 1 is 1.30 bits per heavy atom. The van der Waals surface area contributed by atoms with Crippen molar-refractivity contribution in [2.75, 3.05) is 26.9 Å². The third kappa shape index (κ3) is 4.13. The van der Waals surface area contributed by atoms with Gasteiger partial charge in [-0.05, 0) is 24.3 Å². The average molecular weight is 407 g/mol. The first-order chi connectivity index (χ1) is 12.7. The van der Waals surface area contributed by atoms with Crippen molar-refractivity contribution >= 4 is 10.0 Å². The number of hydrogen-bond donors (Lipinski definition) is 0. The molecule has 0 spiro atoms. The van der Waals surface area contributed by atoms with Gasteiger partial charge in [0.2, 0.25) is 10.0 Å². The van der Waals surface area contributed by atoms with Gasteiger partial charge in [0.05, 0.1) is 23.7 Å². The maximum absolute atomic E-state index is 12.9. The quantitative estimate of drug-likeness (QED) is 0.748. The van der Waals surface area contributed by atoms with Gasteiger partial charge in [-0.15, -0.1) is 0 Å². The van der Waals surface area contributed by atoms with E-state index in [2.05, 4.69) is 10.1 Å². The zero-order valence-electron chi connectivity index (χ0n) is 14.1. The molecule has 1 aliphatic heterocycles. The van der Waals surface area contributed by atoms with Crippen LogP contribution in [0.2, 0.25) is 0 Å². The molecule has 0 saturated carbocycles. The Morgan fingerprint density at radius 2 is 2.00 bits per heavy atom. The van der Waals surface area contributed by atoms with Crippen LogP contribution in [0.3, 0.4) is 0 Å². The van der Waals surface area contributed by atoms with E-state index in [1.165, 1.54) is 7.11 Å². The molecule has 3 rings (SSSR count). The molecule has 1 aromatic carbocycles. The summed E-state index contributed by atoms with van der Waals surface area (Å²) >= 11 is 0. The van der Waals surface area contributed by atoms with E-state index in [-0.39, 0.29) is 43.0 Å². The van der Waals surface area contributed by atoms with Crippen LogP contribution in [-0.4, -0.2) is 49.7 Å². The third-order valence-electron chi connectivity index (χ3n) is 3.92. The molecule has 1 saturated heterocycles. The summed E-state index contributed by atoms with van der Waals surface area (Å²) in [6, 6.07) is 2.45. The van der Waals surface area contributed by atoms with Crippen LogP contribution in [0.25, 0.3) is 0 Å². The average Bonchev–Trinajstić information content (AvgIpc) is 3.10. The van der Waals surface area contributed by atoms with Gasteiger partial charge in [-0.3, -0.25) is 0 Å². The number of rotatable bonds is 5. The fourth-order valence-corrected chi connectivity index (χ4v) is 4.17. The largest absolute Gasteiger partial charge is 0.416 e. The molecule has 0 aliphatic carbocycles. The summed E-state index contributed by atoms with van der Waals surface area (Å²) in [6.07, 6.45) is -4.55. The molecule has 0 N–H and O–H groups in total. The lowest BCUT2D eigenvalue weighted by Crippen LogP contribution is -2.43. The van der Waals surface area contributed by atoms with Crippen LogP contribution in [0.1, 0.15) is 23.3 Å². The fraction of sp³-hybridized carbons (Fsp3) is 0.467. The minimum absolute atomic E-state index is 0.00216. The zero-order valence-corrected chi connectivity index (χ0v) is 15.0. The molecule has 8 nitrogen and oxygen atoms in total. The minimum atomic E-state index is -4.55. The number of nitrogens with zero attached hydrogens (tertiary/aromatic N) is 3. The molecule has 0 amide bonds. The van der Waals surface area contributed by atoms with E-state index in [1.807, 2.05) is 0 Å². The molecular formula is C15H16F3N3O5S. The van der Waals surface area contributed by atoms with Crippen molar-refractivity contribution in [1.29, 1.82) is 0 Å². The van der Waals surface area contributed by atoms with Crippen LogP contribution in [0.5, 0.6) is 0 Å². The van der Waals surface area contributed by atoms with Gasteiger partial charge >= 0.3 is 6.18 Å². The van der Waals surface area contributed by atoms with Crippen LogP contribution in [0.4, 0.5) is 13.2 Å². The molecule has 1 aromatic heterocycles. The highest BCUT2D eigenvalue weighted by Crippen LogP contribution is 2.32. The Balaban J connectivity index is 1.90. The first-order valence-electron chi connectivity index (χ1n) is 7.82. The molecule has 12 heteroatoms. The van der Waals surface area contributed by atoms with E-state index in [4.69, 9.17) is 14.0 Å². The number of ether oxygens (including phenoxy) is 2. The van der Waals surface area contributed by atoms with Gasteiger partial charge in [-0.25, -0.2) is 8.42 Å². The number of methoxy groups -OCH3 is 1. The zero-order chi connectivity index (χ0) is 19.7. The van der Waals surface area contributed by atoms with Crippen molar-refractivity contribution < 1.29 is 35.6 Å². The van der Waals surface area contributed by atoms with Crippen LogP contribution < -0.4 is 0 Å². The molecule has 1 atom stereocenters. The number of alkyl halides is 3. The van der Waals surface area contributed by atoms with Gasteiger partial charge in [-0.2, -0.15) is 22.5 Å². The van der Waals surface area contributed by atoms with Crippen molar-refractivity contribution in [1.82, 2.24) is 14.4 Å². The van der Waals surface area contributed by atoms with Crippen LogP contribution in [0.15, 0.2) is 33.7 Å². The topological polar surface area (TPSA) is 94.8 Å². The Bertz CT molecular complexity index is 883. The fourth-order valence-electron chi connectivity index (χ4n) is 2.62. The number of aromatic nitrogens is 2. The highest BCUT2D eigenvalue weighted by molar-refractivity contribution is 7.89. The molecule has 2 heterocycles. The van der Waals surface area contributed by atoms with Crippen molar-refractivity contribution in [3.8, 4) is 0 Å². The summed E-state index contributed by atoms with van der Waals surface area (Å²) < 4.78 is 80.3. The van der Waals surface area contributed by atoms with Crippen molar-refractivity contribution in [3.63, 3.8) is 0 Å².